The first-order valence-electron chi connectivity index (χ1n) is 6.08. The molecule has 1 aromatic rings. The van der Waals surface area contributed by atoms with Gasteiger partial charge in [-0.2, -0.15) is 0 Å². The highest BCUT2D eigenvalue weighted by Crippen LogP contribution is 2.27. The molecule has 5 nitrogen and oxygen atoms in total. The molecule has 0 radical (unpaired) electrons. The molecule has 1 atom stereocenters. The second-order valence-electron chi connectivity index (χ2n) is 3.20. The summed E-state index contributed by atoms with van der Waals surface area (Å²) in [7, 11) is 1.40. The summed E-state index contributed by atoms with van der Waals surface area (Å²) in [5, 5.41) is 0. The molecule has 14 heavy (non-hydrogen) atoms. The highest BCUT2D eigenvalue weighted by molar-refractivity contribution is 6.19. The van der Waals surface area contributed by atoms with E-state index in [1.54, 1.807) is 0 Å². The summed E-state index contributed by atoms with van der Waals surface area (Å²) >= 11 is 0. The molecule has 0 bridgehead atoms. The quantitative estimate of drug-likeness (QED) is 0.559. The first kappa shape index (κ1) is 5.29. The largest absolute Gasteiger partial charge is 0.329 e. The second kappa shape index (κ2) is 2.67. The van der Waals surface area contributed by atoms with Gasteiger partial charge in [0, 0.05) is 18.1 Å². The van der Waals surface area contributed by atoms with Crippen molar-refractivity contribution in [1.29, 1.82) is 0 Å². The van der Waals surface area contributed by atoms with Gasteiger partial charge in [-0.15, -0.1) is 0 Å². The number of carbonyl (C=O) groups is 2. The monoisotopic (exact) mass is 197 g/mol. The van der Waals surface area contributed by atoms with E-state index in [0.29, 0.717) is 4.57 Å². The van der Waals surface area contributed by atoms with Crippen molar-refractivity contribution >= 4 is 17.5 Å². The van der Waals surface area contributed by atoms with E-state index in [2.05, 4.69) is 4.98 Å². The zero-order valence-corrected chi connectivity index (χ0v) is 7.74. The molecule has 74 valence electrons. The van der Waals surface area contributed by atoms with Crippen LogP contribution in [0.5, 0.6) is 0 Å². The topological polar surface area (TPSA) is 55.2 Å². The van der Waals surface area contributed by atoms with Gasteiger partial charge in [0.25, 0.3) is 0 Å². The Balaban J connectivity index is 2.75. The Hall–Kier alpha value is -1.65. The van der Waals surface area contributed by atoms with E-state index in [9.17, 15) is 9.59 Å². The summed E-state index contributed by atoms with van der Waals surface area (Å²) in [5.74, 6) is -2.10. The molecule has 0 saturated carbocycles. The predicted molar refractivity (Wildman–Crippen MR) is 50.1 cm³/mol. The lowest BCUT2D eigenvalue weighted by molar-refractivity contribution is -0.120. The van der Waals surface area contributed by atoms with Gasteiger partial charge in [0.15, 0.2) is 11.6 Å². The molecule has 1 unspecified atom stereocenters. The predicted octanol–water partition coefficient (Wildman–Crippen LogP) is 0.215. The van der Waals surface area contributed by atoms with Crippen LogP contribution in [0.2, 0.25) is 0 Å². The smallest absolute Gasteiger partial charge is 0.238 e. The van der Waals surface area contributed by atoms with E-state index in [4.69, 9.17) is 5.48 Å². The van der Waals surface area contributed by atoms with Gasteiger partial charge < -0.3 is 4.57 Å². The van der Waals surface area contributed by atoms with Gasteiger partial charge in [0.2, 0.25) is 5.91 Å². The van der Waals surface area contributed by atoms with Crippen molar-refractivity contribution in [2.75, 3.05) is 11.9 Å². The Bertz CT molecular complexity index is 549. The molecule has 2 heterocycles. The average Bonchev–Trinajstić information content (AvgIpc) is 2.61. The molecule has 0 spiro atoms. The Kier molecular flexibility index (Phi) is 1.01. The standard InChI is InChI=1S/C9H11N3O2/c1-5-7(13)6-8(10-4-11(6)2)12(3)9(5)14/h4-5H,1-3H3/i2D3,4D. The third kappa shape index (κ3) is 0.921. The summed E-state index contributed by atoms with van der Waals surface area (Å²) in [5.41, 5.74) is -0.199. The lowest BCUT2D eigenvalue weighted by atomic mass is 9.98. The number of anilines is 1. The van der Waals surface area contributed by atoms with Crippen molar-refractivity contribution in [3.05, 3.63) is 12.0 Å². The number of nitrogens with zero attached hydrogens (tertiary/aromatic N) is 3. The summed E-state index contributed by atoms with van der Waals surface area (Å²) in [4.78, 5) is 28.5. The lowest BCUT2D eigenvalue weighted by Crippen LogP contribution is -2.41. The maximum atomic E-state index is 12.0. The van der Waals surface area contributed by atoms with Crippen molar-refractivity contribution < 1.29 is 15.1 Å². The lowest BCUT2D eigenvalue weighted by Gasteiger charge is -2.25. The van der Waals surface area contributed by atoms with Gasteiger partial charge in [-0.05, 0) is 6.92 Å². The van der Waals surface area contributed by atoms with Gasteiger partial charge in [0.05, 0.1) is 6.30 Å². The maximum absolute atomic E-state index is 12.0. The van der Waals surface area contributed by atoms with Crippen molar-refractivity contribution in [3.8, 4) is 0 Å². The Morgan fingerprint density at radius 3 is 3.00 bits per heavy atom. The number of Topliss-reactive ketones (excluding diaryl/α,β-unsaturated/α-hetero) is 1. The van der Waals surface area contributed by atoms with E-state index >= 15 is 0 Å². The summed E-state index contributed by atoms with van der Waals surface area (Å²) in [6.45, 7) is -1.27. The molecule has 0 N–H and O–H groups in total. The molecular weight excluding hydrogens is 182 g/mol. The van der Waals surface area contributed by atoms with E-state index in [-0.39, 0.29) is 11.5 Å². The van der Waals surface area contributed by atoms with Crippen LogP contribution < -0.4 is 4.90 Å². The fourth-order valence-electron chi connectivity index (χ4n) is 1.47. The fourth-order valence-corrected chi connectivity index (χ4v) is 1.47. The third-order valence-corrected chi connectivity index (χ3v) is 2.34. The van der Waals surface area contributed by atoms with Crippen LogP contribution in [-0.2, 0) is 11.8 Å². The Labute approximate surface area is 87.0 Å². The number of hydrogen-bond acceptors (Lipinski definition) is 3. The van der Waals surface area contributed by atoms with Gasteiger partial charge >= 0.3 is 0 Å². The number of imidazole rings is 1. The molecule has 0 aliphatic carbocycles. The Morgan fingerprint density at radius 2 is 2.36 bits per heavy atom. The van der Waals surface area contributed by atoms with Crippen LogP contribution in [0, 0.1) is 5.92 Å². The third-order valence-electron chi connectivity index (χ3n) is 2.34. The van der Waals surface area contributed by atoms with Crippen LogP contribution in [0.4, 0.5) is 5.82 Å². The summed E-state index contributed by atoms with van der Waals surface area (Å²) < 4.78 is 30.1. The minimum atomic E-state index is -2.67. The molecular formula is C9H11N3O2. The van der Waals surface area contributed by atoms with E-state index < -0.39 is 30.9 Å². The molecule has 1 amide bonds. The highest BCUT2D eigenvalue weighted by Gasteiger charge is 2.37. The minimum absolute atomic E-state index is 0.0655. The van der Waals surface area contributed by atoms with Crippen LogP contribution in [0.15, 0.2) is 6.30 Å². The van der Waals surface area contributed by atoms with Gasteiger partial charge in [-0.3, -0.25) is 14.5 Å². The zero-order valence-electron chi connectivity index (χ0n) is 11.7. The molecule has 1 aliphatic heterocycles. The van der Waals surface area contributed by atoms with Crippen molar-refractivity contribution in [3.63, 3.8) is 0 Å². The van der Waals surface area contributed by atoms with Crippen LogP contribution >= 0.6 is 0 Å². The molecule has 1 aromatic heterocycles. The number of carbonyl (C=O) groups excluding carboxylic acids is 2. The number of hydrogen-bond donors (Lipinski definition) is 0. The van der Waals surface area contributed by atoms with Crippen LogP contribution in [0.25, 0.3) is 0 Å². The number of rotatable bonds is 0. The number of aromatic nitrogens is 2. The molecule has 0 saturated heterocycles. The Morgan fingerprint density at radius 1 is 1.64 bits per heavy atom. The maximum Gasteiger partial charge on any atom is 0.238 e. The van der Waals surface area contributed by atoms with E-state index in [1.807, 2.05) is 0 Å². The van der Waals surface area contributed by atoms with Gasteiger partial charge in [0.1, 0.15) is 13.0 Å². The number of amides is 1. The average molecular weight is 197 g/mol. The molecule has 1 aliphatic rings. The molecule has 5 heteroatoms. The molecule has 2 rings (SSSR count). The van der Waals surface area contributed by atoms with E-state index in [1.165, 1.54) is 14.0 Å². The first-order valence-corrected chi connectivity index (χ1v) is 4.08. The van der Waals surface area contributed by atoms with Gasteiger partial charge in [-0.1, -0.05) is 0 Å². The van der Waals surface area contributed by atoms with Crippen LogP contribution in [0.3, 0.4) is 0 Å². The minimum Gasteiger partial charge on any atom is -0.329 e. The van der Waals surface area contributed by atoms with Crippen molar-refractivity contribution in [2.45, 2.75) is 6.92 Å². The van der Waals surface area contributed by atoms with Crippen molar-refractivity contribution in [2.24, 2.45) is 12.9 Å². The SMILES string of the molecule is [2H]c1nc2c(n1C([2H])([2H])[2H])C(=O)C(C)C(=O)N2C. The number of ketones is 1. The van der Waals surface area contributed by atoms with Crippen molar-refractivity contribution in [1.82, 2.24) is 9.55 Å². The zero-order chi connectivity index (χ0) is 13.8. The van der Waals surface area contributed by atoms with E-state index in [0.717, 1.165) is 4.90 Å². The van der Waals surface area contributed by atoms with Crippen LogP contribution in [0.1, 0.15) is 22.9 Å². The normalized spacial score (nSPS) is 26.4. The highest BCUT2D eigenvalue weighted by atomic mass is 16.2. The molecule has 0 aromatic carbocycles. The second-order valence-corrected chi connectivity index (χ2v) is 3.20. The number of fused-ring (bicyclic) bond motifs is 1. The molecule has 0 fully saturated rings. The van der Waals surface area contributed by atoms with Crippen LogP contribution in [-0.4, -0.2) is 28.3 Å². The fraction of sp³-hybridized carbons (Fsp3) is 0.444. The summed E-state index contributed by atoms with van der Waals surface area (Å²) in [6, 6.07) is 0. The first-order chi connectivity index (χ1) is 8.16. The van der Waals surface area contributed by atoms with Gasteiger partial charge in [-0.25, -0.2) is 4.98 Å². The summed E-state index contributed by atoms with van der Waals surface area (Å²) in [6.07, 6.45) is -0.554.